The second kappa shape index (κ2) is 8.14. The number of hydrogen-bond donors (Lipinski definition) is 4. The molecule has 4 aromatic rings. The Bertz CT molecular complexity index is 1750. The summed E-state index contributed by atoms with van der Waals surface area (Å²) in [5, 5.41) is 28.6. The van der Waals surface area contributed by atoms with Gasteiger partial charge < -0.3 is 10.2 Å². The Morgan fingerprint density at radius 2 is 1.47 bits per heavy atom. The van der Waals surface area contributed by atoms with Crippen molar-refractivity contribution in [3.63, 3.8) is 0 Å². The lowest BCUT2D eigenvalue weighted by Crippen LogP contribution is -2.00. The molecule has 4 rings (SSSR count). The number of phenols is 1. The quantitative estimate of drug-likeness (QED) is 0.227. The first kappa shape index (κ1) is 23.3. The Labute approximate surface area is 192 Å². The standard InChI is InChI=1S/C21H14N2O9S2/c24-20-16(21(25)26)8-12-3-1-2-4-15(12)19(20)23-22-17-9-13-7-14(33(27,28)29)6-5-11(13)10-18(17)34(30,31)32/h1-10,24H,(H,25,26)(H,27,28,29)(H,30,31,32). The summed E-state index contributed by atoms with van der Waals surface area (Å²) in [5.41, 5.74) is -1.14. The molecule has 0 atom stereocenters. The molecule has 0 unspecified atom stereocenters. The van der Waals surface area contributed by atoms with E-state index < -0.39 is 53.0 Å². The van der Waals surface area contributed by atoms with E-state index in [1.165, 1.54) is 18.2 Å². The van der Waals surface area contributed by atoms with E-state index in [0.717, 1.165) is 24.3 Å². The number of benzene rings is 4. The van der Waals surface area contributed by atoms with Crippen molar-refractivity contribution in [2.24, 2.45) is 10.2 Å². The van der Waals surface area contributed by atoms with Crippen LogP contribution in [0.25, 0.3) is 21.5 Å². The third-order valence-electron chi connectivity index (χ3n) is 4.95. The SMILES string of the molecule is O=C(O)c1cc2ccccc2c(N=Nc2cc3cc(S(=O)(=O)O)ccc3cc2S(=O)(=O)O)c1O. The van der Waals surface area contributed by atoms with Gasteiger partial charge in [-0.25, -0.2) is 4.79 Å². The molecule has 0 saturated heterocycles. The molecule has 34 heavy (non-hydrogen) atoms. The van der Waals surface area contributed by atoms with Crippen LogP contribution in [0.4, 0.5) is 11.4 Å². The summed E-state index contributed by atoms with van der Waals surface area (Å²) in [6.45, 7) is 0. The van der Waals surface area contributed by atoms with Crippen LogP contribution in [0.2, 0.25) is 0 Å². The number of carbonyl (C=O) groups is 1. The average molecular weight is 502 g/mol. The van der Waals surface area contributed by atoms with Crippen molar-refractivity contribution in [3.05, 3.63) is 66.2 Å². The zero-order valence-corrected chi connectivity index (χ0v) is 18.4. The Balaban J connectivity index is 1.99. The first-order valence-corrected chi connectivity index (χ1v) is 12.2. The molecular formula is C21H14N2O9S2. The van der Waals surface area contributed by atoms with E-state index >= 15 is 0 Å². The Kier molecular flexibility index (Phi) is 5.57. The predicted octanol–water partition coefficient (Wildman–Crippen LogP) is 4.31. The molecule has 13 heteroatoms. The summed E-state index contributed by atoms with van der Waals surface area (Å²) < 4.78 is 65.7. The van der Waals surface area contributed by atoms with Crippen LogP contribution in [-0.4, -0.2) is 42.1 Å². The molecule has 0 aliphatic rings. The third-order valence-corrected chi connectivity index (χ3v) is 6.68. The number of carboxylic acids is 1. The maximum absolute atomic E-state index is 11.9. The molecule has 0 radical (unpaired) electrons. The number of nitrogens with zero attached hydrogens (tertiary/aromatic N) is 2. The second-order valence-electron chi connectivity index (χ2n) is 7.13. The van der Waals surface area contributed by atoms with Crippen LogP contribution in [-0.2, 0) is 20.2 Å². The van der Waals surface area contributed by atoms with Crippen LogP contribution in [0.3, 0.4) is 0 Å². The number of azo groups is 1. The van der Waals surface area contributed by atoms with Gasteiger partial charge in [-0.3, -0.25) is 9.11 Å². The van der Waals surface area contributed by atoms with Crippen LogP contribution in [0.5, 0.6) is 5.75 Å². The second-order valence-corrected chi connectivity index (χ2v) is 9.94. The molecule has 0 heterocycles. The molecule has 11 nitrogen and oxygen atoms in total. The molecule has 0 bridgehead atoms. The smallest absolute Gasteiger partial charge is 0.339 e. The highest BCUT2D eigenvalue weighted by molar-refractivity contribution is 7.86. The van der Waals surface area contributed by atoms with Crippen molar-refractivity contribution in [3.8, 4) is 5.75 Å². The first-order chi connectivity index (χ1) is 15.9. The van der Waals surface area contributed by atoms with Gasteiger partial charge in [0, 0.05) is 5.39 Å². The fraction of sp³-hybridized carbons (Fsp3) is 0. The van der Waals surface area contributed by atoms with Crippen molar-refractivity contribution in [2.75, 3.05) is 0 Å². The van der Waals surface area contributed by atoms with Gasteiger partial charge in [0.25, 0.3) is 20.2 Å². The van der Waals surface area contributed by atoms with Gasteiger partial charge >= 0.3 is 5.97 Å². The van der Waals surface area contributed by atoms with Crippen molar-refractivity contribution in [2.45, 2.75) is 9.79 Å². The van der Waals surface area contributed by atoms with E-state index in [1.54, 1.807) is 18.2 Å². The van der Waals surface area contributed by atoms with E-state index in [2.05, 4.69) is 10.2 Å². The van der Waals surface area contributed by atoms with Gasteiger partial charge in [0.15, 0.2) is 5.75 Å². The number of hydrogen-bond acceptors (Lipinski definition) is 8. The van der Waals surface area contributed by atoms with Gasteiger partial charge in [-0.1, -0.05) is 30.3 Å². The van der Waals surface area contributed by atoms with Crippen LogP contribution in [0.1, 0.15) is 10.4 Å². The van der Waals surface area contributed by atoms with Crippen LogP contribution < -0.4 is 0 Å². The molecule has 4 N–H and O–H groups in total. The van der Waals surface area contributed by atoms with E-state index in [0.29, 0.717) is 10.8 Å². The highest BCUT2D eigenvalue weighted by Gasteiger charge is 2.20. The molecule has 174 valence electrons. The number of aromatic hydroxyl groups is 1. The van der Waals surface area contributed by atoms with E-state index in [-0.39, 0.29) is 16.5 Å². The third kappa shape index (κ3) is 4.32. The Morgan fingerprint density at radius 3 is 2.12 bits per heavy atom. The summed E-state index contributed by atoms with van der Waals surface area (Å²) in [6.07, 6.45) is 0. The monoisotopic (exact) mass is 502 g/mol. The average Bonchev–Trinajstić information content (AvgIpc) is 2.75. The van der Waals surface area contributed by atoms with Gasteiger partial charge in [-0.05, 0) is 46.5 Å². The molecule has 0 aromatic heterocycles. The number of fused-ring (bicyclic) bond motifs is 2. The van der Waals surface area contributed by atoms with Crippen LogP contribution >= 0.6 is 0 Å². The summed E-state index contributed by atoms with van der Waals surface area (Å²) in [5.74, 6) is -2.14. The van der Waals surface area contributed by atoms with Gasteiger partial charge in [0.2, 0.25) is 0 Å². The van der Waals surface area contributed by atoms with Crippen LogP contribution in [0, 0.1) is 0 Å². The van der Waals surface area contributed by atoms with Gasteiger partial charge in [0.05, 0.1) is 4.90 Å². The molecule has 0 aliphatic heterocycles. The fourth-order valence-corrected chi connectivity index (χ4v) is 4.53. The lowest BCUT2D eigenvalue weighted by Gasteiger charge is -2.09. The molecule has 0 fully saturated rings. The normalized spacial score (nSPS) is 12.5. The number of rotatable bonds is 5. The maximum atomic E-state index is 11.9. The largest absolute Gasteiger partial charge is 0.505 e. The highest BCUT2D eigenvalue weighted by atomic mass is 32.2. The van der Waals surface area contributed by atoms with Gasteiger partial charge in [-0.2, -0.15) is 16.8 Å². The lowest BCUT2D eigenvalue weighted by molar-refractivity contribution is 0.0694. The summed E-state index contributed by atoms with van der Waals surface area (Å²) in [6, 6.07) is 13.1. The summed E-state index contributed by atoms with van der Waals surface area (Å²) in [4.78, 5) is 10.4. The first-order valence-electron chi connectivity index (χ1n) is 9.29. The van der Waals surface area contributed by atoms with Gasteiger partial charge in [0.1, 0.15) is 21.8 Å². The van der Waals surface area contributed by atoms with Crippen molar-refractivity contribution in [1.82, 2.24) is 0 Å². The number of carboxylic acid groups (broad SMARTS) is 1. The molecule has 4 aromatic carbocycles. The van der Waals surface area contributed by atoms with Crippen molar-refractivity contribution >= 4 is 59.1 Å². The van der Waals surface area contributed by atoms with Crippen molar-refractivity contribution in [1.29, 1.82) is 0 Å². The molecular weight excluding hydrogens is 488 g/mol. The minimum atomic E-state index is -4.82. The minimum Gasteiger partial charge on any atom is -0.505 e. The zero-order valence-electron chi connectivity index (χ0n) is 16.8. The lowest BCUT2D eigenvalue weighted by atomic mass is 10.0. The minimum absolute atomic E-state index is 0.143. The fourth-order valence-electron chi connectivity index (χ4n) is 3.37. The predicted molar refractivity (Wildman–Crippen MR) is 120 cm³/mol. The summed E-state index contributed by atoms with van der Waals surface area (Å²) >= 11 is 0. The Morgan fingerprint density at radius 1 is 0.765 bits per heavy atom. The van der Waals surface area contributed by atoms with E-state index in [9.17, 15) is 40.9 Å². The Hall–Kier alpha value is -3.91. The molecule has 0 spiro atoms. The zero-order chi connectivity index (χ0) is 24.8. The van der Waals surface area contributed by atoms with Gasteiger partial charge in [-0.15, -0.1) is 10.2 Å². The van der Waals surface area contributed by atoms with E-state index in [1.807, 2.05) is 0 Å². The van der Waals surface area contributed by atoms with Crippen molar-refractivity contribution < 1.29 is 40.9 Å². The number of aromatic carboxylic acids is 1. The molecule has 0 saturated carbocycles. The maximum Gasteiger partial charge on any atom is 0.339 e. The summed E-state index contributed by atoms with van der Waals surface area (Å²) in [7, 11) is -9.37. The topological polar surface area (TPSA) is 191 Å². The highest BCUT2D eigenvalue weighted by Crippen LogP contribution is 2.40. The van der Waals surface area contributed by atoms with Crippen LogP contribution in [0.15, 0.2) is 80.7 Å². The molecule has 0 aliphatic carbocycles. The van der Waals surface area contributed by atoms with E-state index in [4.69, 9.17) is 0 Å². The molecule has 0 amide bonds.